The van der Waals surface area contributed by atoms with Crippen molar-refractivity contribution in [2.45, 2.75) is 18.9 Å². The maximum Gasteiger partial charge on any atom is 0.303 e. The van der Waals surface area contributed by atoms with Gasteiger partial charge in [0.1, 0.15) is 0 Å². The Kier molecular flexibility index (Phi) is 6.10. The van der Waals surface area contributed by atoms with E-state index in [1.165, 1.54) is 0 Å². The van der Waals surface area contributed by atoms with Crippen molar-refractivity contribution >= 4 is 22.6 Å². The van der Waals surface area contributed by atoms with Crippen molar-refractivity contribution in [2.24, 2.45) is 0 Å². The topological polar surface area (TPSA) is 60.9 Å². The number of carboxylic acid groups (broad SMARTS) is 1. The van der Waals surface area contributed by atoms with E-state index in [1.807, 2.05) is 65.6 Å². The molecule has 1 saturated heterocycles. The van der Waals surface area contributed by atoms with Crippen molar-refractivity contribution in [3.63, 3.8) is 0 Å². The minimum Gasteiger partial charge on any atom is -0.481 e. The first-order valence-corrected chi connectivity index (χ1v) is 10.4. The number of benzene rings is 3. The smallest absolute Gasteiger partial charge is 0.303 e. The summed E-state index contributed by atoms with van der Waals surface area (Å²) in [6.45, 7) is 2.74. The summed E-state index contributed by atoms with van der Waals surface area (Å²) in [5.41, 5.74) is 1.87. The van der Waals surface area contributed by atoms with Crippen LogP contribution in [0, 0.1) is 0 Å². The number of carbonyl (C=O) groups excluding carboxylic acids is 1. The fourth-order valence-electron chi connectivity index (χ4n) is 4.31. The maximum atomic E-state index is 13.2. The largest absolute Gasteiger partial charge is 0.481 e. The molecule has 0 aromatic heterocycles. The second-order valence-electron chi connectivity index (χ2n) is 7.71. The zero-order valence-corrected chi connectivity index (χ0v) is 16.9. The number of nitrogens with zero attached hydrogens (tertiary/aromatic N) is 2. The molecule has 1 atom stereocenters. The van der Waals surface area contributed by atoms with Gasteiger partial charge in [-0.05, 0) is 28.8 Å². The number of hydrogen-bond acceptors (Lipinski definition) is 3. The molecule has 3 aromatic carbocycles. The van der Waals surface area contributed by atoms with Crippen LogP contribution in [0.5, 0.6) is 0 Å². The van der Waals surface area contributed by atoms with E-state index in [0.717, 1.165) is 35.0 Å². The lowest BCUT2D eigenvalue weighted by Gasteiger charge is -2.39. The average molecular weight is 402 g/mol. The number of hydrogen-bond donors (Lipinski definition) is 1. The molecule has 4 rings (SSSR count). The molecule has 154 valence electrons. The second kappa shape index (κ2) is 9.09. The van der Waals surface area contributed by atoms with Gasteiger partial charge in [0, 0.05) is 44.2 Å². The summed E-state index contributed by atoms with van der Waals surface area (Å²) in [5, 5.41) is 11.2. The Bertz CT molecular complexity index is 1020. The summed E-state index contributed by atoms with van der Waals surface area (Å²) in [6.07, 6.45) is 0.700. The molecule has 0 unspecified atom stereocenters. The highest BCUT2D eigenvalue weighted by atomic mass is 16.4. The summed E-state index contributed by atoms with van der Waals surface area (Å²) >= 11 is 0. The minimum absolute atomic E-state index is 0.0529. The van der Waals surface area contributed by atoms with Crippen LogP contribution in [0.3, 0.4) is 0 Å². The van der Waals surface area contributed by atoms with Crippen LogP contribution in [0.2, 0.25) is 0 Å². The highest BCUT2D eigenvalue weighted by Gasteiger charge is 2.28. The van der Waals surface area contributed by atoms with Crippen LogP contribution in [-0.2, 0) is 4.79 Å². The molecule has 0 bridgehead atoms. The molecule has 3 aromatic rings. The zero-order chi connectivity index (χ0) is 20.9. The molecule has 1 aliphatic rings. The van der Waals surface area contributed by atoms with Crippen LogP contribution in [0.4, 0.5) is 0 Å². The SMILES string of the molecule is O=C(O)CC[C@H](c1ccccc1)N1CCN(C(=O)c2cccc3ccccc23)CC1. The van der Waals surface area contributed by atoms with Crippen LogP contribution in [0.25, 0.3) is 10.8 Å². The number of aliphatic carboxylic acids is 1. The Morgan fingerprint density at radius 3 is 2.23 bits per heavy atom. The molecule has 5 nitrogen and oxygen atoms in total. The quantitative estimate of drug-likeness (QED) is 0.671. The standard InChI is InChI=1S/C25H26N2O3/c28-24(29)14-13-23(20-8-2-1-3-9-20)26-15-17-27(18-16-26)25(30)22-12-6-10-19-7-4-5-11-21(19)22/h1-12,23H,13-18H2,(H,28,29)/t23-/m1/s1. The van der Waals surface area contributed by atoms with Gasteiger partial charge in [-0.15, -0.1) is 0 Å². The Balaban J connectivity index is 1.47. The summed E-state index contributed by atoms with van der Waals surface area (Å²) in [5.74, 6) is -0.714. The first kappa shape index (κ1) is 20.1. The number of carboxylic acids is 1. The first-order valence-electron chi connectivity index (χ1n) is 10.4. The van der Waals surface area contributed by atoms with E-state index in [0.29, 0.717) is 19.5 Å². The van der Waals surface area contributed by atoms with Gasteiger partial charge < -0.3 is 10.0 Å². The molecular formula is C25H26N2O3. The minimum atomic E-state index is -0.777. The Hall–Kier alpha value is -3.18. The van der Waals surface area contributed by atoms with Crippen LogP contribution in [0.15, 0.2) is 72.8 Å². The van der Waals surface area contributed by atoms with Crippen LogP contribution in [-0.4, -0.2) is 53.0 Å². The van der Waals surface area contributed by atoms with Crippen LogP contribution >= 0.6 is 0 Å². The highest BCUT2D eigenvalue weighted by Crippen LogP contribution is 2.28. The van der Waals surface area contributed by atoms with Gasteiger partial charge in [-0.1, -0.05) is 66.7 Å². The van der Waals surface area contributed by atoms with Crippen molar-refractivity contribution in [3.8, 4) is 0 Å². The molecule has 1 heterocycles. The molecule has 5 heteroatoms. The third kappa shape index (κ3) is 4.36. The first-order chi connectivity index (χ1) is 14.6. The second-order valence-corrected chi connectivity index (χ2v) is 7.71. The van der Waals surface area contributed by atoms with Gasteiger partial charge >= 0.3 is 5.97 Å². The van der Waals surface area contributed by atoms with Crippen LogP contribution in [0.1, 0.15) is 34.8 Å². The number of fused-ring (bicyclic) bond motifs is 1. The van der Waals surface area contributed by atoms with Crippen molar-refractivity contribution in [1.82, 2.24) is 9.80 Å². The third-order valence-corrected chi connectivity index (χ3v) is 5.88. The van der Waals surface area contributed by atoms with Crippen molar-refractivity contribution < 1.29 is 14.7 Å². The van der Waals surface area contributed by atoms with Crippen molar-refractivity contribution in [2.75, 3.05) is 26.2 Å². The Morgan fingerprint density at radius 1 is 0.833 bits per heavy atom. The average Bonchev–Trinajstić information content (AvgIpc) is 2.79. The Morgan fingerprint density at radius 2 is 1.50 bits per heavy atom. The van der Waals surface area contributed by atoms with E-state index >= 15 is 0 Å². The highest BCUT2D eigenvalue weighted by molar-refractivity contribution is 6.07. The molecule has 1 fully saturated rings. The third-order valence-electron chi connectivity index (χ3n) is 5.88. The van der Waals surface area contributed by atoms with E-state index in [-0.39, 0.29) is 18.4 Å². The molecule has 30 heavy (non-hydrogen) atoms. The van der Waals surface area contributed by atoms with Crippen molar-refractivity contribution in [1.29, 1.82) is 0 Å². The Labute approximate surface area is 176 Å². The van der Waals surface area contributed by atoms with Gasteiger partial charge in [0.25, 0.3) is 5.91 Å². The van der Waals surface area contributed by atoms with E-state index in [4.69, 9.17) is 5.11 Å². The molecule has 0 saturated carbocycles. The monoisotopic (exact) mass is 402 g/mol. The van der Waals surface area contributed by atoms with Gasteiger partial charge in [0.05, 0.1) is 0 Å². The van der Waals surface area contributed by atoms with Gasteiger partial charge in [0.15, 0.2) is 0 Å². The van der Waals surface area contributed by atoms with E-state index < -0.39 is 5.97 Å². The van der Waals surface area contributed by atoms with Crippen molar-refractivity contribution in [3.05, 3.63) is 83.9 Å². The summed E-state index contributed by atoms with van der Waals surface area (Å²) in [6, 6.07) is 23.9. The van der Waals surface area contributed by atoms with Gasteiger partial charge in [-0.25, -0.2) is 0 Å². The van der Waals surface area contributed by atoms with E-state index in [2.05, 4.69) is 17.0 Å². The summed E-state index contributed by atoms with van der Waals surface area (Å²) in [7, 11) is 0. The number of rotatable bonds is 6. The molecule has 0 radical (unpaired) electrons. The predicted octanol–water partition coefficient (Wildman–Crippen LogP) is 4.20. The fraction of sp³-hybridized carbons (Fsp3) is 0.280. The predicted molar refractivity (Wildman–Crippen MR) is 117 cm³/mol. The molecule has 0 aliphatic carbocycles. The molecule has 1 aliphatic heterocycles. The van der Waals surface area contributed by atoms with E-state index in [1.54, 1.807) is 0 Å². The normalized spacial score (nSPS) is 15.8. The number of amides is 1. The molecular weight excluding hydrogens is 376 g/mol. The van der Waals surface area contributed by atoms with Gasteiger partial charge in [0.2, 0.25) is 0 Å². The summed E-state index contributed by atoms with van der Waals surface area (Å²) in [4.78, 5) is 28.6. The summed E-state index contributed by atoms with van der Waals surface area (Å²) < 4.78 is 0. The number of carbonyl (C=O) groups is 2. The van der Waals surface area contributed by atoms with Gasteiger partial charge in [-0.3, -0.25) is 14.5 Å². The number of piperazine rings is 1. The zero-order valence-electron chi connectivity index (χ0n) is 16.9. The molecule has 0 spiro atoms. The van der Waals surface area contributed by atoms with Gasteiger partial charge in [-0.2, -0.15) is 0 Å². The maximum absolute atomic E-state index is 13.2. The lowest BCUT2D eigenvalue weighted by atomic mass is 9.99. The van der Waals surface area contributed by atoms with E-state index in [9.17, 15) is 9.59 Å². The van der Waals surface area contributed by atoms with Crippen LogP contribution < -0.4 is 0 Å². The molecule has 1 N–H and O–H groups in total. The fourth-order valence-corrected chi connectivity index (χ4v) is 4.31. The lowest BCUT2D eigenvalue weighted by Crippen LogP contribution is -2.49. The lowest BCUT2D eigenvalue weighted by molar-refractivity contribution is -0.137. The molecule has 1 amide bonds.